The molecule has 2 aliphatic rings. The number of nitrogens with zero attached hydrogens (tertiary/aromatic N) is 3. The highest BCUT2D eigenvalue weighted by molar-refractivity contribution is 7.18. The van der Waals surface area contributed by atoms with Crippen LogP contribution in [0.2, 0.25) is 0 Å². The number of carbonyl (C=O) groups is 2. The van der Waals surface area contributed by atoms with Gasteiger partial charge in [0.05, 0.1) is 27.7 Å². The number of hydrogen-bond donors (Lipinski definition) is 0. The van der Waals surface area contributed by atoms with Gasteiger partial charge >= 0.3 is 0 Å². The molecule has 0 unspecified atom stereocenters. The molecule has 2 aromatic carbocycles. The number of amides is 2. The highest BCUT2D eigenvalue weighted by atomic mass is 32.1. The van der Waals surface area contributed by atoms with Crippen molar-refractivity contribution in [3.05, 3.63) is 59.1 Å². The second-order valence-electron chi connectivity index (χ2n) is 8.75. The van der Waals surface area contributed by atoms with E-state index >= 15 is 0 Å². The van der Waals surface area contributed by atoms with Gasteiger partial charge in [0.2, 0.25) is 11.8 Å². The van der Waals surface area contributed by atoms with Crippen molar-refractivity contribution in [1.29, 1.82) is 0 Å². The molecular formula is C25H27N3O3S. The van der Waals surface area contributed by atoms with Crippen LogP contribution in [0, 0.1) is 5.41 Å². The topological polar surface area (TPSA) is 62.7 Å². The standard InChI is InChI=1S/C25H27N3O3S/c1-31-19-8-6-18(7-9-19)16-28-17-25(24(28)30)12-14-27(15-13-25)23(29)11-10-22-26-20-4-2-3-5-21(20)32-22/h2-9H,10-17H2,1H3. The Balaban J connectivity index is 1.10. The van der Waals surface area contributed by atoms with Crippen LogP contribution in [-0.2, 0) is 22.6 Å². The first-order valence-electron chi connectivity index (χ1n) is 11.1. The number of methoxy groups -OCH3 is 1. The Morgan fingerprint density at radius 3 is 2.56 bits per heavy atom. The maximum absolute atomic E-state index is 12.9. The van der Waals surface area contributed by atoms with Crippen LogP contribution in [0.15, 0.2) is 48.5 Å². The molecule has 1 spiro atoms. The van der Waals surface area contributed by atoms with E-state index < -0.39 is 0 Å². The number of aryl methyl sites for hydroxylation is 1. The van der Waals surface area contributed by atoms with E-state index in [1.54, 1.807) is 18.4 Å². The van der Waals surface area contributed by atoms with Crippen LogP contribution in [0.1, 0.15) is 29.8 Å². The van der Waals surface area contributed by atoms with Crippen molar-refractivity contribution in [3.8, 4) is 5.75 Å². The molecule has 0 radical (unpaired) electrons. The molecule has 0 saturated carbocycles. The summed E-state index contributed by atoms with van der Waals surface area (Å²) in [6.07, 6.45) is 2.68. The maximum Gasteiger partial charge on any atom is 0.231 e. The molecule has 3 aromatic rings. The molecule has 0 N–H and O–H groups in total. The molecule has 1 aromatic heterocycles. The summed E-state index contributed by atoms with van der Waals surface area (Å²) in [4.78, 5) is 34.1. The number of hydrogen-bond acceptors (Lipinski definition) is 5. The normalized spacial score (nSPS) is 17.6. The molecule has 0 atom stereocenters. The van der Waals surface area contributed by atoms with Crippen molar-refractivity contribution < 1.29 is 14.3 Å². The lowest BCUT2D eigenvalue weighted by molar-refractivity contribution is -0.168. The smallest absolute Gasteiger partial charge is 0.231 e. The highest BCUT2D eigenvalue weighted by Gasteiger charge is 2.53. The Hall–Kier alpha value is -2.93. The third-order valence-electron chi connectivity index (χ3n) is 6.73. The molecule has 2 saturated heterocycles. The third kappa shape index (κ3) is 3.97. The summed E-state index contributed by atoms with van der Waals surface area (Å²) in [6.45, 7) is 2.75. The van der Waals surface area contributed by atoms with Gasteiger partial charge in [-0.2, -0.15) is 0 Å². The van der Waals surface area contributed by atoms with E-state index in [-0.39, 0.29) is 17.2 Å². The molecule has 3 heterocycles. The van der Waals surface area contributed by atoms with Crippen LogP contribution in [-0.4, -0.2) is 53.3 Å². The van der Waals surface area contributed by atoms with Gasteiger partial charge in [0.15, 0.2) is 0 Å². The lowest BCUT2D eigenvalue weighted by atomic mass is 9.71. The molecule has 32 heavy (non-hydrogen) atoms. The Morgan fingerprint density at radius 2 is 1.88 bits per heavy atom. The van der Waals surface area contributed by atoms with E-state index in [9.17, 15) is 9.59 Å². The number of likely N-dealkylation sites (tertiary alicyclic amines) is 2. The predicted octanol–water partition coefficient (Wildman–Crippen LogP) is 3.89. The van der Waals surface area contributed by atoms with Gasteiger partial charge in [-0.05, 0) is 42.7 Å². The fourth-order valence-electron chi connectivity index (χ4n) is 4.78. The van der Waals surface area contributed by atoms with Crippen molar-refractivity contribution in [2.45, 2.75) is 32.2 Å². The molecule has 0 bridgehead atoms. The Kier molecular flexibility index (Phi) is 5.59. The number of ether oxygens (including phenoxy) is 1. The molecule has 5 rings (SSSR count). The fraction of sp³-hybridized carbons (Fsp3) is 0.400. The molecule has 2 aliphatic heterocycles. The number of carbonyl (C=O) groups excluding carboxylic acids is 2. The Labute approximate surface area is 191 Å². The second-order valence-corrected chi connectivity index (χ2v) is 9.86. The van der Waals surface area contributed by atoms with E-state index in [1.165, 1.54) is 0 Å². The van der Waals surface area contributed by atoms with Gasteiger partial charge in [0, 0.05) is 39.0 Å². The Morgan fingerprint density at radius 1 is 1.12 bits per heavy atom. The van der Waals surface area contributed by atoms with E-state index in [1.807, 2.05) is 52.3 Å². The largest absolute Gasteiger partial charge is 0.497 e. The summed E-state index contributed by atoms with van der Waals surface area (Å²) in [7, 11) is 1.65. The van der Waals surface area contributed by atoms with E-state index in [0.29, 0.717) is 32.5 Å². The summed E-state index contributed by atoms with van der Waals surface area (Å²) < 4.78 is 6.36. The average molecular weight is 450 g/mol. The summed E-state index contributed by atoms with van der Waals surface area (Å²) >= 11 is 1.66. The van der Waals surface area contributed by atoms with Crippen molar-refractivity contribution in [3.63, 3.8) is 0 Å². The van der Waals surface area contributed by atoms with Crippen LogP contribution >= 0.6 is 11.3 Å². The molecule has 166 valence electrons. The van der Waals surface area contributed by atoms with Crippen LogP contribution in [0.3, 0.4) is 0 Å². The van der Waals surface area contributed by atoms with Gasteiger partial charge in [-0.3, -0.25) is 9.59 Å². The quantitative estimate of drug-likeness (QED) is 0.536. The lowest BCUT2D eigenvalue weighted by Gasteiger charge is -2.52. The lowest BCUT2D eigenvalue weighted by Crippen LogP contribution is -2.64. The number of aromatic nitrogens is 1. The molecule has 7 heteroatoms. The number of fused-ring (bicyclic) bond motifs is 1. The first-order chi connectivity index (χ1) is 15.6. The minimum atomic E-state index is -0.268. The SMILES string of the molecule is COc1ccc(CN2CC3(CCN(C(=O)CCc4nc5ccccc5s4)CC3)C2=O)cc1. The van der Waals surface area contributed by atoms with Gasteiger partial charge in [-0.15, -0.1) is 11.3 Å². The summed E-state index contributed by atoms with van der Waals surface area (Å²) in [5.74, 6) is 1.22. The number of rotatable bonds is 6. The van der Waals surface area contributed by atoms with Gasteiger partial charge < -0.3 is 14.5 Å². The summed E-state index contributed by atoms with van der Waals surface area (Å²) in [5, 5.41) is 1.01. The zero-order valence-corrected chi connectivity index (χ0v) is 19.1. The molecule has 2 fully saturated rings. The zero-order valence-electron chi connectivity index (χ0n) is 18.3. The van der Waals surface area contributed by atoms with Crippen LogP contribution < -0.4 is 4.74 Å². The summed E-state index contributed by atoms with van der Waals surface area (Å²) in [6, 6.07) is 15.9. The van der Waals surface area contributed by atoms with Crippen molar-refractivity contribution >= 4 is 33.4 Å². The minimum absolute atomic E-state index is 0.168. The highest BCUT2D eigenvalue weighted by Crippen LogP contribution is 2.42. The van der Waals surface area contributed by atoms with Crippen LogP contribution in [0.25, 0.3) is 10.2 Å². The number of thiazole rings is 1. The number of benzene rings is 2. The van der Waals surface area contributed by atoms with E-state index in [0.717, 1.165) is 45.9 Å². The molecule has 6 nitrogen and oxygen atoms in total. The molecular weight excluding hydrogens is 422 g/mol. The van der Waals surface area contributed by atoms with E-state index in [4.69, 9.17) is 4.74 Å². The zero-order chi connectivity index (χ0) is 22.1. The monoisotopic (exact) mass is 449 g/mol. The summed E-state index contributed by atoms with van der Waals surface area (Å²) in [5.41, 5.74) is 1.84. The average Bonchev–Trinajstić information content (AvgIpc) is 3.26. The van der Waals surface area contributed by atoms with Crippen molar-refractivity contribution in [1.82, 2.24) is 14.8 Å². The van der Waals surface area contributed by atoms with Crippen molar-refractivity contribution in [2.24, 2.45) is 5.41 Å². The van der Waals surface area contributed by atoms with Gasteiger partial charge in [-0.25, -0.2) is 4.98 Å². The predicted molar refractivity (Wildman–Crippen MR) is 125 cm³/mol. The molecule has 0 aliphatic carbocycles. The number of para-hydroxylation sites is 1. The van der Waals surface area contributed by atoms with Gasteiger partial charge in [0.25, 0.3) is 0 Å². The van der Waals surface area contributed by atoms with Gasteiger partial charge in [-0.1, -0.05) is 24.3 Å². The maximum atomic E-state index is 12.9. The van der Waals surface area contributed by atoms with Crippen molar-refractivity contribution in [2.75, 3.05) is 26.7 Å². The number of piperidine rings is 1. The Bertz CT molecular complexity index is 1100. The van der Waals surface area contributed by atoms with Crippen LogP contribution in [0.4, 0.5) is 0 Å². The minimum Gasteiger partial charge on any atom is -0.497 e. The fourth-order valence-corrected chi connectivity index (χ4v) is 5.75. The first-order valence-corrected chi connectivity index (χ1v) is 11.9. The molecule has 2 amide bonds. The number of β-lactam (4-membered cyclic amide) rings is 1. The van der Waals surface area contributed by atoms with Gasteiger partial charge in [0.1, 0.15) is 5.75 Å². The van der Waals surface area contributed by atoms with E-state index in [2.05, 4.69) is 11.1 Å². The van der Waals surface area contributed by atoms with Crippen LogP contribution in [0.5, 0.6) is 5.75 Å². The first kappa shape index (κ1) is 20.9. The second kappa shape index (κ2) is 8.54. The third-order valence-corrected chi connectivity index (χ3v) is 7.83.